The van der Waals surface area contributed by atoms with Crippen LogP contribution >= 0.6 is 0 Å². The van der Waals surface area contributed by atoms with Gasteiger partial charge in [0.2, 0.25) is 5.91 Å². The van der Waals surface area contributed by atoms with Gasteiger partial charge in [0.25, 0.3) is 0 Å². The second-order valence-electron chi connectivity index (χ2n) is 6.81. The molecule has 2 aromatic rings. The summed E-state index contributed by atoms with van der Waals surface area (Å²) in [5.41, 5.74) is 3.01. The van der Waals surface area contributed by atoms with Gasteiger partial charge < -0.3 is 15.3 Å². The average Bonchev–Trinajstić information content (AvgIpc) is 2.73. The molecule has 0 radical (unpaired) electrons. The lowest BCUT2D eigenvalue weighted by molar-refractivity contribution is -0.115. The Labute approximate surface area is 165 Å². The summed E-state index contributed by atoms with van der Waals surface area (Å²) in [5.74, 6) is 4.77. The van der Waals surface area contributed by atoms with Crippen molar-refractivity contribution in [2.75, 3.05) is 23.3 Å². The van der Waals surface area contributed by atoms with Crippen molar-refractivity contribution in [2.45, 2.75) is 32.6 Å². The first-order valence-corrected chi connectivity index (χ1v) is 9.61. The number of nitrogens with zero attached hydrogens (tertiary/aromatic N) is 1. The molecule has 1 saturated heterocycles. The average molecular weight is 376 g/mol. The number of carboxylic acid groups (broad SMARTS) is 1. The van der Waals surface area contributed by atoms with Crippen molar-refractivity contribution in [2.24, 2.45) is 0 Å². The second-order valence-corrected chi connectivity index (χ2v) is 6.81. The molecule has 28 heavy (non-hydrogen) atoms. The Kier molecular flexibility index (Phi) is 6.33. The number of anilines is 2. The van der Waals surface area contributed by atoms with E-state index in [1.807, 2.05) is 12.1 Å². The molecule has 0 aromatic heterocycles. The normalized spacial score (nSPS) is 13.4. The molecule has 2 aromatic carbocycles. The van der Waals surface area contributed by atoms with E-state index in [1.54, 1.807) is 19.1 Å². The highest BCUT2D eigenvalue weighted by Crippen LogP contribution is 2.20. The quantitative estimate of drug-likeness (QED) is 0.788. The molecule has 1 fully saturated rings. The zero-order valence-corrected chi connectivity index (χ0v) is 16.0. The van der Waals surface area contributed by atoms with Gasteiger partial charge in [0.05, 0.1) is 11.3 Å². The number of carbonyl (C=O) groups excluding carboxylic acids is 1. The van der Waals surface area contributed by atoms with Crippen LogP contribution in [-0.4, -0.2) is 30.1 Å². The van der Waals surface area contributed by atoms with Gasteiger partial charge in [0, 0.05) is 36.3 Å². The molecule has 1 amide bonds. The van der Waals surface area contributed by atoms with Gasteiger partial charge in [-0.05, 0) is 61.7 Å². The number of benzene rings is 2. The predicted octanol–water partition coefficient (Wildman–Crippen LogP) is 4.12. The molecule has 0 atom stereocenters. The number of aromatic carboxylic acids is 1. The van der Waals surface area contributed by atoms with E-state index in [4.69, 9.17) is 0 Å². The minimum absolute atomic E-state index is 0.0362. The van der Waals surface area contributed by atoms with Crippen LogP contribution in [0.15, 0.2) is 42.5 Å². The van der Waals surface area contributed by atoms with E-state index in [-0.39, 0.29) is 23.6 Å². The van der Waals surface area contributed by atoms with Crippen LogP contribution in [0.3, 0.4) is 0 Å². The Balaban J connectivity index is 1.76. The van der Waals surface area contributed by atoms with Gasteiger partial charge in [0.1, 0.15) is 0 Å². The van der Waals surface area contributed by atoms with Gasteiger partial charge in [-0.15, -0.1) is 0 Å². The van der Waals surface area contributed by atoms with Gasteiger partial charge >= 0.3 is 5.97 Å². The van der Waals surface area contributed by atoms with Crippen molar-refractivity contribution in [1.82, 2.24) is 0 Å². The van der Waals surface area contributed by atoms with Gasteiger partial charge in [-0.1, -0.05) is 18.8 Å². The zero-order chi connectivity index (χ0) is 19.9. The summed E-state index contributed by atoms with van der Waals surface area (Å²) < 4.78 is 0. The first-order valence-electron chi connectivity index (χ1n) is 9.61. The monoisotopic (exact) mass is 376 g/mol. The van der Waals surface area contributed by atoms with Crippen molar-refractivity contribution in [1.29, 1.82) is 0 Å². The van der Waals surface area contributed by atoms with Crippen LogP contribution in [0.25, 0.3) is 0 Å². The highest BCUT2D eigenvalue weighted by Gasteiger charge is 2.12. The molecule has 5 nitrogen and oxygen atoms in total. The Hall–Kier alpha value is -3.26. The molecule has 1 aliphatic rings. The summed E-state index contributed by atoms with van der Waals surface area (Å²) >= 11 is 0. The van der Waals surface area contributed by atoms with Gasteiger partial charge in [-0.25, -0.2) is 4.79 Å². The summed E-state index contributed by atoms with van der Waals surface area (Å²) in [4.78, 5) is 25.5. The lowest BCUT2D eigenvalue weighted by Crippen LogP contribution is -2.29. The summed E-state index contributed by atoms with van der Waals surface area (Å²) in [6.45, 7) is 3.92. The minimum atomic E-state index is -1.10. The van der Waals surface area contributed by atoms with Crippen molar-refractivity contribution in [3.05, 3.63) is 59.2 Å². The number of carboxylic acids is 1. The van der Waals surface area contributed by atoms with Crippen LogP contribution in [0.4, 0.5) is 11.4 Å². The molecule has 0 bridgehead atoms. The van der Waals surface area contributed by atoms with Crippen LogP contribution < -0.4 is 10.2 Å². The number of hydrogen-bond donors (Lipinski definition) is 2. The maximum absolute atomic E-state index is 11.6. The fourth-order valence-electron chi connectivity index (χ4n) is 3.20. The van der Waals surface area contributed by atoms with Crippen LogP contribution in [-0.2, 0) is 4.79 Å². The first-order chi connectivity index (χ1) is 13.6. The van der Waals surface area contributed by atoms with E-state index in [1.165, 1.54) is 31.0 Å². The van der Waals surface area contributed by atoms with Crippen molar-refractivity contribution >= 4 is 23.3 Å². The first kappa shape index (κ1) is 19.5. The van der Waals surface area contributed by atoms with E-state index < -0.39 is 5.97 Å². The highest BCUT2D eigenvalue weighted by atomic mass is 16.4. The maximum atomic E-state index is 11.6. The lowest BCUT2D eigenvalue weighted by Gasteiger charge is -2.28. The summed E-state index contributed by atoms with van der Waals surface area (Å²) in [6, 6.07) is 12.9. The van der Waals surface area contributed by atoms with E-state index >= 15 is 0 Å². The second kappa shape index (κ2) is 9.09. The standard InChI is InChI=1S/C23H24N2O3/c1-2-22(26)24-21-13-10-18(16-20(21)23(27)28)7-6-17-8-11-19(12-9-17)25-14-4-3-5-15-25/h8-13,16H,2-5,14-15H2,1H3,(H,24,26)(H,27,28). The SMILES string of the molecule is CCC(=O)Nc1ccc(C#Cc2ccc(N3CCCCC3)cc2)cc1C(=O)O. The largest absolute Gasteiger partial charge is 0.478 e. The van der Waals surface area contributed by atoms with E-state index in [0.717, 1.165) is 18.7 Å². The summed E-state index contributed by atoms with van der Waals surface area (Å²) in [6.07, 6.45) is 4.07. The predicted molar refractivity (Wildman–Crippen MR) is 111 cm³/mol. The molecular formula is C23H24N2O3. The van der Waals surface area contributed by atoms with Crippen LogP contribution in [0, 0.1) is 11.8 Å². The fourth-order valence-corrected chi connectivity index (χ4v) is 3.20. The Morgan fingerprint density at radius 3 is 2.29 bits per heavy atom. The molecule has 2 N–H and O–H groups in total. The van der Waals surface area contributed by atoms with Gasteiger partial charge in [0.15, 0.2) is 0 Å². The molecule has 144 valence electrons. The number of amides is 1. The van der Waals surface area contributed by atoms with Gasteiger partial charge in [-0.3, -0.25) is 4.79 Å². The van der Waals surface area contributed by atoms with E-state index in [0.29, 0.717) is 5.56 Å². The third kappa shape index (κ3) is 4.92. The molecule has 1 aliphatic heterocycles. The van der Waals surface area contributed by atoms with Crippen molar-refractivity contribution < 1.29 is 14.7 Å². The topological polar surface area (TPSA) is 69.6 Å². The smallest absolute Gasteiger partial charge is 0.337 e. The van der Waals surface area contributed by atoms with Crippen LogP contribution in [0.2, 0.25) is 0 Å². The number of rotatable bonds is 4. The minimum Gasteiger partial charge on any atom is -0.478 e. The van der Waals surface area contributed by atoms with Crippen LogP contribution in [0.5, 0.6) is 0 Å². The van der Waals surface area contributed by atoms with Crippen LogP contribution in [0.1, 0.15) is 54.1 Å². The number of carbonyl (C=O) groups is 2. The van der Waals surface area contributed by atoms with Gasteiger partial charge in [-0.2, -0.15) is 0 Å². The highest BCUT2D eigenvalue weighted by molar-refractivity contribution is 6.00. The summed E-state index contributed by atoms with van der Waals surface area (Å²) in [5, 5.41) is 12.0. The Morgan fingerprint density at radius 1 is 1.00 bits per heavy atom. The molecule has 5 heteroatoms. The fraction of sp³-hybridized carbons (Fsp3) is 0.304. The molecule has 0 aliphatic carbocycles. The molecule has 0 unspecified atom stereocenters. The van der Waals surface area contributed by atoms with Crippen molar-refractivity contribution in [3.63, 3.8) is 0 Å². The summed E-state index contributed by atoms with van der Waals surface area (Å²) in [7, 11) is 0. The molecule has 0 saturated carbocycles. The number of hydrogen-bond acceptors (Lipinski definition) is 3. The van der Waals surface area contributed by atoms with Crippen molar-refractivity contribution in [3.8, 4) is 11.8 Å². The number of piperidine rings is 1. The Morgan fingerprint density at radius 2 is 1.64 bits per heavy atom. The molecule has 3 rings (SSSR count). The Bertz CT molecular complexity index is 917. The molecule has 0 spiro atoms. The van der Waals surface area contributed by atoms with E-state index in [2.05, 4.69) is 34.2 Å². The number of nitrogens with one attached hydrogen (secondary N) is 1. The third-order valence-corrected chi connectivity index (χ3v) is 4.78. The van der Waals surface area contributed by atoms with E-state index in [9.17, 15) is 14.7 Å². The molecular weight excluding hydrogens is 352 g/mol. The maximum Gasteiger partial charge on any atom is 0.337 e. The zero-order valence-electron chi connectivity index (χ0n) is 16.0. The molecule has 1 heterocycles. The lowest BCUT2D eigenvalue weighted by atomic mass is 10.1. The third-order valence-electron chi connectivity index (χ3n) is 4.78.